The Hall–Kier alpha value is -0.480. The summed E-state index contributed by atoms with van der Waals surface area (Å²) in [5, 5.41) is 7.82. The fourth-order valence-corrected chi connectivity index (χ4v) is 3.28. The van der Waals surface area contributed by atoms with E-state index in [2.05, 4.69) is 29.1 Å². The van der Waals surface area contributed by atoms with Crippen molar-refractivity contribution < 1.29 is 0 Å². The Morgan fingerprint density at radius 1 is 1.50 bits per heavy atom. The Balaban J connectivity index is 1.73. The third-order valence-electron chi connectivity index (χ3n) is 3.43. The van der Waals surface area contributed by atoms with Crippen molar-refractivity contribution in [2.75, 3.05) is 18.1 Å². The van der Waals surface area contributed by atoms with Crippen molar-refractivity contribution in [1.29, 1.82) is 0 Å². The summed E-state index contributed by atoms with van der Waals surface area (Å²) >= 11 is 2.09. The standard InChI is InChI=1S/C12H21N3S/c1-10-12(9-14-15(10)2)8-13-7-11-3-5-16-6-4-11/h9,11,13H,3-8H2,1-2H3. The molecule has 0 bridgehead atoms. The van der Waals surface area contributed by atoms with E-state index in [-0.39, 0.29) is 0 Å². The van der Waals surface area contributed by atoms with E-state index in [1.165, 1.54) is 35.6 Å². The number of rotatable bonds is 4. The van der Waals surface area contributed by atoms with Crippen molar-refractivity contribution in [3.63, 3.8) is 0 Å². The monoisotopic (exact) mass is 239 g/mol. The highest BCUT2D eigenvalue weighted by Gasteiger charge is 2.13. The molecule has 1 aromatic heterocycles. The number of hydrogen-bond acceptors (Lipinski definition) is 3. The van der Waals surface area contributed by atoms with Gasteiger partial charge in [0.2, 0.25) is 0 Å². The minimum Gasteiger partial charge on any atom is -0.312 e. The summed E-state index contributed by atoms with van der Waals surface area (Å²) in [6, 6.07) is 0. The van der Waals surface area contributed by atoms with Gasteiger partial charge in [0.25, 0.3) is 0 Å². The van der Waals surface area contributed by atoms with Gasteiger partial charge in [-0.1, -0.05) is 0 Å². The Morgan fingerprint density at radius 2 is 2.25 bits per heavy atom. The molecule has 4 heteroatoms. The third kappa shape index (κ3) is 3.01. The van der Waals surface area contributed by atoms with Crippen LogP contribution in [0.25, 0.3) is 0 Å². The van der Waals surface area contributed by atoms with Crippen molar-refractivity contribution in [1.82, 2.24) is 15.1 Å². The van der Waals surface area contributed by atoms with Crippen LogP contribution in [0, 0.1) is 12.8 Å². The van der Waals surface area contributed by atoms with Crippen LogP contribution in [0.4, 0.5) is 0 Å². The van der Waals surface area contributed by atoms with Gasteiger partial charge in [0.15, 0.2) is 0 Å². The second kappa shape index (κ2) is 5.73. The zero-order valence-electron chi connectivity index (χ0n) is 10.2. The molecule has 1 aliphatic rings. The highest BCUT2D eigenvalue weighted by atomic mass is 32.2. The fourth-order valence-electron chi connectivity index (χ4n) is 2.08. The predicted octanol–water partition coefficient (Wildman–Crippen LogP) is 1.96. The van der Waals surface area contributed by atoms with Gasteiger partial charge in [0, 0.05) is 24.8 Å². The normalized spacial score (nSPS) is 17.9. The first-order valence-electron chi connectivity index (χ1n) is 6.03. The van der Waals surface area contributed by atoms with Gasteiger partial charge >= 0.3 is 0 Å². The maximum Gasteiger partial charge on any atom is 0.0537 e. The molecule has 0 radical (unpaired) electrons. The molecule has 90 valence electrons. The third-order valence-corrected chi connectivity index (χ3v) is 4.47. The number of thioether (sulfide) groups is 1. The number of aromatic nitrogens is 2. The fraction of sp³-hybridized carbons (Fsp3) is 0.750. The predicted molar refractivity (Wildman–Crippen MR) is 69.7 cm³/mol. The zero-order chi connectivity index (χ0) is 11.4. The number of hydrogen-bond donors (Lipinski definition) is 1. The molecule has 0 aliphatic carbocycles. The molecule has 0 saturated carbocycles. The molecule has 16 heavy (non-hydrogen) atoms. The molecular weight excluding hydrogens is 218 g/mol. The van der Waals surface area contributed by atoms with Crippen LogP contribution in [0.3, 0.4) is 0 Å². The Labute approximate surface area is 102 Å². The first-order chi connectivity index (χ1) is 7.77. The second-order valence-corrected chi connectivity index (χ2v) is 5.79. The van der Waals surface area contributed by atoms with Gasteiger partial charge < -0.3 is 5.32 Å². The molecule has 1 saturated heterocycles. The van der Waals surface area contributed by atoms with E-state index in [4.69, 9.17) is 0 Å². The molecule has 0 unspecified atom stereocenters. The minimum absolute atomic E-state index is 0.887. The lowest BCUT2D eigenvalue weighted by Gasteiger charge is -2.21. The van der Waals surface area contributed by atoms with Crippen molar-refractivity contribution in [3.05, 3.63) is 17.5 Å². The number of aryl methyl sites for hydroxylation is 1. The van der Waals surface area contributed by atoms with Gasteiger partial charge in [0.05, 0.1) is 6.20 Å². The van der Waals surface area contributed by atoms with Gasteiger partial charge in [-0.05, 0) is 43.7 Å². The Bertz CT molecular complexity index is 329. The molecule has 0 spiro atoms. The molecule has 0 amide bonds. The molecule has 1 aliphatic heterocycles. The molecule has 3 nitrogen and oxygen atoms in total. The summed E-state index contributed by atoms with van der Waals surface area (Å²) in [7, 11) is 2.00. The van der Waals surface area contributed by atoms with Crippen molar-refractivity contribution in [3.8, 4) is 0 Å². The summed E-state index contributed by atoms with van der Waals surface area (Å²) in [5.41, 5.74) is 2.60. The van der Waals surface area contributed by atoms with Crippen LogP contribution in [0.15, 0.2) is 6.20 Å². The van der Waals surface area contributed by atoms with E-state index in [0.29, 0.717) is 0 Å². The Kier molecular flexibility index (Phi) is 4.29. The zero-order valence-corrected chi connectivity index (χ0v) is 11.0. The topological polar surface area (TPSA) is 29.9 Å². The van der Waals surface area contributed by atoms with E-state index < -0.39 is 0 Å². The summed E-state index contributed by atoms with van der Waals surface area (Å²) in [5.74, 6) is 3.58. The van der Waals surface area contributed by atoms with Crippen LogP contribution in [0.2, 0.25) is 0 Å². The van der Waals surface area contributed by atoms with Crippen molar-refractivity contribution in [2.45, 2.75) is 26.3 Å². The first kappa shape index (κ1) is 12.0. The maximum absolute atomic E-state index is 4.25. The van der Waals surface area contributed by atoms with Gasteiger partial charge in [-0.2, -0.15) is 16.9 Å². The highest BCUT2D eigenvalue weighted by Crippen LogP contribution is 2.21. The van der Waals surface area contributed by atoms with Gasteiger partial charge in [-0.15, -0.1) is 0 Å². The van der Waals surface area contributed by atoms with E-state index in [1.54, 1.807) is 0 Å². The van der Waals surface area contributed by atoms with Crippen LogP contribution in [-0.4, -0.2) is 27.8 Å². The lowest BCUT2D eigenvalue weighted by molar-refractivity contribution is 0.447. The van der Waals surface area contributed by atoms with E-state index in [0.717, 1.165) is 19.0 Å². The molecule has 1 aromatic rings. The minimum atomic E-state index is 0.887. The smallest absolute Gasteiger partial charge is 0.0537 e. The average molecular weight is 239 g/mol. The summed E-state index contributed by atoms with van der Waals surface area (Å²) in [6.07, 6.45) is 4.73. The largest absolute Gasteiger partial charge is 0.312 e. The van der Waals surface area contributed by atoms with Crippen LogP contribution in [0.1, 0.15) is 24.1 Å². The summed E-state index contributed by atoms with van der Waals surface area (Å²) < 4.78 is 1.94. The lowest BCUT2D eigenvalue weighted by Crippen LogP contribution is -2.25. The Morgan fingerprint density at radius 3 is 2.88 bits per heavy atom. The summed E-state index contributed by atoms with van der Waals surface area (Å²) in [4.78, 5) is 0. The van der Waals surface area contributed by atoms with E-state index in [9.17, 15) is 0 Å². The van der Waals surface area contributed by atoms with Crippen LogP contribution < -0.4 is 5.32 Å². The van der Waals surface area contributed by atoms with Crippen molar-refractivity contribution in [2.24, 2.45) is 13.0 Å². The number of nitrogens with one attached hydrogen (secondary N) is 1. The second-order valence-electron chi connectivity index (χ2n) is 4.57. The number of nitrogens with zero attached hydrogens (tertiary/aromatic N) is 2. The van der Waals surface area contributed by atoms with Gasteiger partial charge in [-0.3, -0.25) is 4.68 Å². The van der Waals surface area contributed by atoms with Crippen LogP contribution in [0.5, 0.6) is 0 Å². The summed E-state index contributed by atoms with van der Waals surface area (Å²) in [6.45, 7) is 4.25. The van der Waals surface area contributed by atoms with Crippen LogP contribution >= 0.6 is 11.8 Å². The molecule has 1 N–H and O–H groups in total. The molecule has 2 rings (SSSR count). The van der Waals surface area contributed by atoms with Gasteiger partial charge in [0.1, 0.15) is 0 Å². The quantitative estimate of drug-likeness (QED) is 0.871. The van der Waals surface area contributed by atoms with E-state index >= 15 is 0 Å². The molecule has 1 fully saturated rings. The molecule has 0 aromatic carbocycles. The first-order valence-corrected chi connectivity index (χ1v) is 7.19. The lowest BCUT2D eigenvalue weighted by atomic mass is 10.0. The molecule has 2 heterocycles. The SMILES string of the molecule is Cc1c(CNCC2CCSCC2)cnn1C. The molecular formula is C12H21N3S. The van der Waals surface area contributed by atoms with Gasteiger partial charge in [-0.25, -0.2) is 0 Å². The van der Waals surface area contributed by atoms with Crippen molar-refractivity contribution >= 4 is 11.8 Å². The van der Waals surface area contributed by atoms with E-state index in [1.807, 2.05) is 17.9 Å². The maximum atomic E-state index is 4.25. The highest BCUT2D eigenvalue weighted by molar-refractivity contribution is 7.99. The van der Waals surface area contributed by atoms with Crippen LogP contribution in [-0.2, 0) is 13.6 Å². The average Bonchev–Trinajstić information content (AvgIpc) is 2.62. The molecule has 0 atom stereocenters.